The number of para-hydroxylation sites is 2. The Bertz CT molecular complexity index is 1550. The lowest BCUT2D eigenvalue weighted by atomic mass is 10.1. The van der Waals surface area contributed by atoms with Crippen molar-refractivity contribution < 1.29 is 13.2 Å². The fraction of sp³-hybridized carbons (Fsp3) is 0.333. The molecule has 0 fully saturated rings. The molecule has 11 heteroatoms. The molecule has 0 bridgehead atoms. The number of imidazole rings is 1. The predicted molar refractivity (Wildman–Crippen MR) is 151 cm³/mol. The van der Waals surface area contributed by atoms with E-state index in [0.29, 0.717) is 35.6 Å². The van der Waals surface area contributed by atoms with Gasteiger partial charge in [-0.2, -0.15) is 4.98 Å². The lowest BCUT2D eigenvalue weighted by molar-refractivity contribution is -0.121. The first-order chi connectivity index (χ1) is 18.1. The van der Waals surface area contributed by atoms with E-state index in [1.54, 1.807) is 42.4 Å². The maximum atomic E-state index is 13.0. The van der Waals surface area contributed by atoms with Gasteiger partial charge in [-0.3, -0.25) is 14.3 Å². The summed E-state index contributed by atoms with van der Waals surface area (Å²) in [5.74, 6) is 1.47. The zero-order valence-corrected chi connectivity index (χ0v) is 23.1. The standard InChI is InChI=1S/C27H33N7O3S/c1-6-19(2)25(35)33(4)27-30-22-12-7-8-13-23(22)34(27)18-32(3)24-14-15-28-26(31-24)29-21-11-9-10-20(16-21)17-38(5,36)37/h7-16,19H,6,17-18H2,1-5H3,(H,28,29,31). The summed E-state index contributed by atoms with van der Waals surface area (Å²) in [4.78, 5) is 30.3. The van der Waals surface area contributed by atoms with Crippen molar-refractivity contribution in [1.29, 1.82) is 0 Å². The van der Waals surface area contributed by atoms with Gasteiger partial charge in [0, 0.05) is 38.2 Å². The van der Waals surface area contributed by atoms with Crippen molar-refractivity contribution in [1.82, 2.24) is 19.5 Å². The van der Waals surface area contributed by atoms with Crippen LogP contribution in [0.2, 0.25) is 0 Å². The zero-order chi connectivity index (χ0) is 27.4. The van der Waals surface area contributed by atoms with Crippen molar-refractivity contribution in [3.8, 4) is 0 Å². The number of nitrogens with zero attached hydrogens (tertiary/aromatic N) is 6. The molecule has 0 aliphatic carbocycles. The molecule has 1 amide bonds. The Hall–Kier alpha value is -3.99. The zero-order valence-electron chi connectivity index (χ0n) is 22.3. The number of nitrogens with one attached hydrogen (secondary N) is 1. The number of rotatable bonds is 10. The van der Waals surface area contributed by atoms with Gasteiger partial charge >= 0.3 is 0 Å². The van der Waals surface area contributed by atoms with E-state index in [1.807, 2.05) is 60.7 Å². The van der Waals surface area contributed by atoms with Gasteiger partial charge < -0.3 is 10.2 Å². The first-order valence-electron chi connectivity index (χ1n) is 12.4. The molecule has 0 radical (unpaired) electrons. The highest BCUT2D eigenvalue weighted by atomic mass is 32.2. The molecule has 10 nitrogen and oxygen atoms in total. The molecular weight excluding hydrogens is 502 g/mol. The molecule has 1 N–H and O–H groups in total. The topological polar surface area (TPSA) is 113 Å². The normalized spacial score (nSPS) is 12.3. The number of aromatic nitrogens is 4. The third-order valence-corrected chi connectivity index (χ3v) is 7.15. The highest BCUT2D eigenvalue weighted by Crippen LogP contribution is 2.25. The largest absolute Gasteiger partial charge is 0.341 e. The molecule has 0 saturated carbocycles. The molecule has 38 heavy (non-hydrogen) atoms. The van der Waals surface area contributed by atoms with E-state index in [-0.39, 0.29) is 17.6 Å². The van der Waals surface area contributed by atoms with Crippen LogP contribution in [0.4, 0.5) is 23.4 Å². The minimum Gasteiger partial charge on any atom is -0.341 e. The quantitative estimate of drug-likeness (QED) is 0.321. The second kappa shape index (κ2) is 11.2. The van der Waals surface area contributed by atoms with Crippen LogP contribution in [0, 0.1) is 5.92 Å². The number of hydrogen-bond acceptors (Lipinski definition) is 8. The van der Waals surface area contributed by atoms with Crippen LogP contribution in [-0.2, 0) is 27.1 Å². The smallest absolute Gasteiger partial charge is 0.231 e. The lowest BCUT2D eigenvalue weighted by Gasteiger charge is -2.25. The molecule has 1 unspecified atom stereocenters. The summed E-state index contributed by atoms with van der Waals surface area (Å²) in [6.07, 6.45) is 3.62. The van der Waals surface area contributed by atoms with Gasteiger partial charge in [0.1, 0.15) is 5.82 Å². The molecule has 2 heterocycles. The number of amides is 1. The Morgan fingerprint density at radius 3 is 2.58 bits per heavy atom. The predicted octanol–water partition coefficient (Wildman–Crippen LogP) is 4.22. The molecule has 0 spiro atoms. The Kier molecular flexibility index (Phi) is 7.96. The van der Waals surface area contributed by atoms with Crippen molar-refractivity contribution in [2.75, 3.05) is 35.5 Å². The number of sulfone groups is 1. The maximum Gasteiger partial charge on any atom is 0.231 e. The van der Waals surface area contributed by atoms with Crippen molar-refractivity contribution >= 4 is 50.2 Å². The minimum absolute atomic E-state index is 0.0123. The Balaban J connectivity index is 1.59. The summed E-state index contributed by atoms with van der Waals surface area (Å²) < 4.78 is 25.4. The highest BCUT2D eigenvalue weighted by Gasteiger charge is 2.23. The van der Waals surface area contributed by atoms with Crippen LogP contribution in [-0.4, -0.2) is 54.2 Å². The van der Waals surface area contributed by atoms with E-state index < -0.39 is 9.84 Å². The van der Waals surface area contributed by atoms with E-state index in [2.05, 4.69) is 15.3 Å². The summed E-state index contributed by atoms with van der Waals surface area (Å²) in [6, 6.07) is 16.8. The number of anilines is 4. The third kappa shape index (κ3) is 6.28. The second-order valence-corrected chi connectivity index (χ2v) is 11.6. The molecule has 0 aliphatic rings. The number of hydrogen-bond donors (Lipinski definition) is 1. The SMILES string of the molecule is CCC(C)C(=O)N(C)c1nc2ccccc2n1CN(C)c1ccnc(Nc2cccc(CS(C)(=O)=O)c2)n1. The molecule has 4 aromatic rings. The van der Waals surface area contributed by atoms with Crippen LogP contribution in [0.3, 0.4) is 0 Å². The van der Waals surface area contributed by atoms with Crippen LogP contribution < -0.4 is 15.1 Å². The molecular formula is C27H33N7O3S. The van der Waals surface area contributed by atoms with Gasteiger partial charge in [-0.25, -0.2) is 18.4 Å². The maximum absolute atomic E-state index is 13.0. The Morgan fingerprint density at radius 2 is 1.84 bits per heavy atom. The van der Waals surface area contributed by atoms with Crippen molar-refractivity contribution in [3.05, 3.63) is 66.4 Å². The van der Waals surface area contributed by atoms with Gasteiger partial charge in [0.05, 0.1) is 23.5 Å². The van der Waals surface area contributed by atoms with E-state index in [1.165, 1.54) is 6.26 Å². The van der Waals surface area contributed by atoms with Gasteiger partial charge in [0.15, 0.2) is 9.84 Å². The fourth-order valence-electron chi connectivity index (χ4n) is 4.14. The van der Waals surface area contributed by atoms with Crippen molar-refractivity contribution in [2.45, 2.75) is 32.7 Å². The Labute approximate surface area is 223 Å². The molecule has 0 aliphatic heterocycles. The average molecular weight is 536 g/mol. The van der Waals surface area contributed by atoms with Gasteiger partial charge in [0.2, 0.25) is 17.8 Å². The van der Waals surface area contributed by atoms with Crippen LogP contribution in [0.15, 0.2) is 60.8 Å². The molecule has 2 aromatic carbocycles. The first kappa shape index (κ1) is 27.1. The number of benzene rings is 2. The average Bonchev–Trinajstić information content (AvgIpc) is 3.25. The molecule has 2 aromatic heterocycles. The molecule has 0 saturated heterocycles. The summed E-state index contributed by atoms with van der Waals surface area (Å²) in [6.45, 7) is 4.31. The van der Waals surface area contributed by atoms with Gasteiger partial charge in [0.25, 0.3) is 0 Å². The number of fused-ring (bicyclic) bond motifs is 1. The van der Waals surface area contributed by atoms with Crippen molar-refractivity contribution in [2.24, 2.45) is 5.92 Å². The highest BCUT2D eigenvalue weighted by molar-refractivity contribution is 7.89. The summed E-state index contributed by atoms with van der Waals surface area (Å²) in [5, 5.41) is 3.16. The number of carbonyl (C=O) groups excluding carboxylic acids is 1. The van der Waals surface area contributed by atoms with Crippen LogP contribution >= 0.6 is 0 Å². The molecule has 4 rings (SSSR count). The fourth-order valence-corrected chi connectivity index (χ4v) is 4.92. The van der Waals surface area contributed by atoms with Gasteiger partial charge in [-0.1, -0.05) is 38.1 Å². The van der Waals surface area contributed by atoms with Crippen LogP contribution in [0.1, 0.15) is 25.8 Å². The third-order valence-electron chi connectivity index (χ3n) is 6.30. The van der Waals surface area contributed by atoms with E-state index in [4.69, 9.17) is 4.98 Å². The first-order valence-corrected chi connectivity index (χ1v) is 14.4. The molecule has 200 valence electrons. The van der Waals surface area contributed by atoms with Gasteiger partial charge in [-0.15, -0.1) is 0 Å². The van der Waals surface area contributed by atoms with E-state index in [0.717, 1.165) is 17.5 Å². The monoisotopic (exact) mass is 535 g/mol. The van der Waals surface area contributed by atoms with E-state index in [9.17, 15) is 13.2 Å². The second-order valence-electron chi connectivity index (χ2n) is 9.51. The number of carbonyl (C=O) groups is 1. The minimum atomic E-state index is -3.14. The lowest BCUT2D eigenvalue weighted by Crippen LogP contribution is -2.34. The summed E-state index contributed by atoms with van der Waals surface area (Å²) in [7, 11) is 0.527. The molecule has 1 atom stereocenters. The van der Waals surface area contributed by atoms with E-state index >= 15 is 0 Å². The Morgan fingerprint density at radius 1 is 1.08 bits per heavy atom. The summed E-state index contributed by atoms with van der Waals surface area (Å²) in [5.41, 5.74) is 3.09. The van der Waals surface area contributed by atoms with Gasteiger partial charge in [-0.05, 0) is 42.3 Å². The van der Waals surface area contributed by atoms with Crippen LogP contribution in [0.5, 0.6) is 0 Å². The summed E-state index contributed by atoms with van der Waals surface area (Å²) >= 11 is 0. The van der Waals surface area contributed by atoms with Crippen molar-refractivity contribution in [3.63, 3.8) is 0 Å². The van der Waals surface area contributed by atoms with Crippen LogP contribution in [0.25, 0.3) is 11.0 Å².